The summed E-state index contributed by atoms with van der Waals surface area (Å²) in [4.78, 5) is 8.53. The van der Waals surface area contributed by atoms with Crippen LogP contribution in [0.2, 0.25) is 0 Å². The van der Waals surface area contributed by atoms with Crippen molar-refractivity contribution < 1.29 is 13.2 Å². The zero-order valence-electron chi connectivity index (χ0n) is 14.3. The molecule has 0 saturated carbocycles. The Hall–Kier alpha value is -3.75. The van der Waals surface area contributed by atoms with Crippen LogP contribution >= 0.6 is 0 Å². The predicted octanol–water partition coefficient (Wildman–Crippen LogP) is 4.93. The van der Waals surface area contributed by atoms with E-state index in [4.69, 9.17) is 0 Å². The van der Waals surface area contributed by atoms with Gasteiger partial charge in [-0.05, 0) is 24.3 Å². The van der Waals surface area contributed by atoms with E-state index in [9.17, 15) is 13.2 Å². The Labute approximate surface area is 157 Å². The number of para-hydroxylation sites is 2. The third-order valence-electron chi connectivity index (χ3n) is 3.93. The number of fused-ring (bicyclic) bond motifs is 1. The Morgan fingerprint density at radius 1 is 0.821 bits per heavy atom. The summed E-state index contributed by atoms with van der Waals surface area (Å²) < 4.78 is 39.5. The summed E-state index contributed by atoms with van der Waals surface area (Å²) in [7, 11) is 0. The van der Waals surface area contributed by atoms with Crippen molar-refractivity contribution in [2.45, 2.75) is 6.18 Å². The maximum Gasteiger partial charge on any atom is 0.418 e. The highest BCUT2D eigenvalue weighted by Crippen LogP contribution is 2.35. The molecule has 0 bridgehead atoms. The molecule has 0 aliphatic heterocycles. The molecular weight excluding hydrogens is 369 g/mol. The second-order valence-corrected chi connectivity index (χ2v) is 5.84. The Morgan fingerprint density at radius 2 is 1.61 bits per heavy atom. The van der Waals surface area contributed by atoms with Gasteiger partial charge in [-0.15, -0.1) is 5.10 Å². The molecule has 0 spiro atoms. The largest absolute Gasteiger partial charge is 0.418 e. The van der Waals surface area contributed by atoms with Gasteiger partial charge in [-0.25, -0.2) is 0 Å². The fourth-order valence-electron chi connectivity index (χ4n) is 2.72. The van der Waals surface area contributed by atoms with Gasteiger partial charge >= 0.3 is 6.18 Å². The quantitative estimate of drug-likeness (QED) is 0.521. The average Bonchev–Trinajstić information content (AvgIpc) is 2.68. The molecule has 0 aliphatic carbocycles. The lowest BCUT2D eigenvalue weighted by atomic mass is 10.1. The molecule has 0 saturated heterocycles. The number of nitrogens with one attached hydrogen (secondary N) is 2. The third-order valence-corrected chi connectivity index (χ3v) is 3.93. The van der Waals surface area contributed by atoms with E-state index in [0.717, 1.165) is 17.0 Å². The van der Waals surface area contributed by atoms with E-state index in [1.54, 1.807) is 12.3 Å². The van der Waals surface area contributed by atoms with Crippen LogP contribution in [0.15, 0.2) is 67.0 Å². The SMILES string of the molecule is FC(F)(F)c1ccccc1Nc1cnnc(Nc2cccc3cccnc23)n1. The van der Waals surface area contributed by atoms with Crippen LogP contribution in [0, 0.1) is 0 Å². The van der Waals surface area contributed by atoms with E-state index >= 15 is 0 Å². The molecule has 0 atom stereocenters. The van der Waals surface area contributed by atoms with Crippen molar-refractivity contribution in [3.05, 3.63) is 72.6 Å². The van der Waals surface area contributed by atoms with E-state index in [1.165, 1.54) is 24.4 Å². The van der Waals surface area contributed by atoms with Crippen LogP contribution < -0.4 is 10.6 Å². The van der Waals surface area contributed by atoms with Gasteiger partial charge < -0.3 is 10.6 Å². The highest BCUT2D eigenvalue weighted by Gasteiger charge is 2.33. The lowest BCUT2D eigenvalue weighted by Crippen LogP contribution is -2.09. The highest BCUT2D eigenvalue weighted by molar-refractivity contribution is 5.91. The number of aromatic nitrogens is 4. The average molecular weight is 382 g/mol. The van der Waals surface area contributed by atoms with Gasteiger partial charge in [0.15, 0.2) is 5.82 Å². The molecule has 140 valence electrons. The van der Waals surface area contributed by atoms with E-state index in [0.29, 0.717) is 5.69 Å². The molecule has 4 aromatic rings. The van der Waals surface area contributed by atoms with E-state index in [-0.39, 0.29) is 17.5 Å². The van der Waals surface area contributed by atoms with Gasteiger partial charge in [0.1, 0.15) is 0 Å². The van der Waals surface area contributed by atoms with Crippen molar-refractivity contribution in [3.63, 3.8) is 0 Å². The number of pyridine rings is 1. The van der Waals surface area contributed by atoms with Gasteiger partial charge in [-0.1, -0.05) is 30.3 Å². The first-order valence-corrected chi connectivity index (χ1v) is 8.24. The smallest absolute Gasteiger partial charge is 0.338 e. The predicted molar refractivity (Wildman–Crippen MR) is 99.6 cm³/mol. The first-order chi connectivity index (χ1) is 13.5. The molecule has 0 amide bonds. The number of halogens is 3. The second-order valence-electron chi connectivity index (χ2n) is 5.84. The molecule has 28 heavy (non-hydrogen) atoms. The molecule has 2 aromatic carbocycles. The molecule has 2 aromatic heterocycles. The van der Waals surface area contributed by atoms with Gasteiger partial charge in [0.2, 0.25) is 5.95 Å². The van der Waals surface area contributed by atoms with Crippen LogP contribution in [-0.4, -0.2) is 20.2 Å². The van der Waals surface area contributed by atoms with Gasteiger partial charge in [0.25, 0.3) is 0 Å². The Bertz CT molecular complexity index is 1120. The normalized spacial score (nSPS) is 11.4. The summed E-state index contributed by atoms with van der Waals surface area (Å²) in [5.41, 5.74) is 0.469. The number of benzene rings is 2. The topological polar surface area (TPSA) is 75.6 Å². The van der Waals surface area contributed by atoms with Gasteiger partial charge in [-0.2, -0.15) is 23.3 Å². The van der Waals surface area contributed by atoms with Crippen molar-refractivity contribution in [3.8, 4) is 0 Å². The third kappa shape index (κ3) is 3.68. The maximum absolute atomic E-state index is 13.2. The van der Waals surface area contributed by atoms with Crippen molar-refractivity contribution in [2.24, 2.45) is 0 Å². The van der Waals surface area contributed by atoms with Crippen LogP contribution in [0.3, 0.4) is 0 Å². The minimum atomic E-state index is -4.49. The molecule has 4 rings (SSSR count). The van der Waals surface area contributed by atoms with Crippen LogP contribution in [0.4, 0.5) is 36.3 Å². The van der Waals surface area contributed by atoms with Gasteiger partial charge in [-0.3, -0.25) is 4.98 Å². The number of rotatable bonds is 4. The summed E-state index contributed by atoms with van der Waals surface area (Å²) in [5.74, 6) is 0.259. The molecule has 0 aliphatic rings. The molecular formula is C19H13F3N6. The van der Waals surface area contributed by atoms with E-state index < -0.39 is 11.7 Å². The molecule has 6 nitrogen and oxygen atoms in total. The van der Waals surface area contributed by atoms with Crippen LogP contribution in [0.1, 0.15) is 5.56 Å². The highest BCUT2D eigenvalue weighted by atomic mass is 19.4. The number of hydrogen-bond donors (Lipinski definition) is 2. The van der Waals surface area contributed by atoms with Crippen LogP contribution in [0.5, 0.6) is 0 Å². The fourth-order valence-corrected chi connectivity index (χ4v) is 2.72. The maximum atomic E-state index is 13.2. The minimum Gasteiger partial charge on any atom is -0.338 e. The van der Waals surface area contributed by atoms with Crippen molar-refractivity contribution in [1.82, 2.24) is 20.2 Å². The number of nitrogens with zero attached hydrogens (tertiary/aromatic N) is 4. The summed E-state index contributed by atoms with van der Waals surface area (Å²) in [6.07, 6.45) is -1.57. The fraction of sp³-hybridized carbons (Fsp3) is 0.0526. The van der Waals surface area contributed by atoms with Crippen molar-refractivity contribution >= 4 is 34.0 Å². The van der Waals surface area contributed by atoms with Gasteiger partial charge in [0.05, 0.1) is 28.7 Å². The number of anilines is 4. The van der Waals surface area contributed by atoms with Crippen molar-refractivity contribution in [2.75, 3.05) is 10.6 Å². The number of hydrogen-bond acceptors (Lipinski definition) is 6. The standard InChI is InChI=1S/C19H13F3N6/c20-19(21,22)13-7-1-2-8-14(13)25-16-11-24-28-18(27-16)26-15-9-3-5-12-6-4-10-23-17(12)15/h1-11H,(H2,25,26,27,28). The summed E-state index contributed by atoms with van der Waals surface area (Å²) in [6, 6.07) is 14.5. The monoisotopic (exact) mass is 382 g/mol. The molecule has 9 heteroatoms. The minimum absolute atomic E-state index is 0.117. The first kappa shape index (κ1) is 17.7. The van der Waals surface area contributed by atoms with Crippen LogP contribution in [0.25, 0.3) is 10.9 Å². The summed E-state index contributed by atoms with van der Waals surface area (Å²) in [6.45, 7) is 0. The summed E-state index contributed by atoms with van der Waals surface area (Å²) in [5, 5.41) is 14.3. The number of alkyl halides is 3. The lowest BCUT2D eigenvalue weighted by Gasteiger charge is -2.14. The molecule has 2 heterocycles. The lowest BCUT2D eigenvalue weighted by molar-refractivity contribution is -0.136. The van der Waals surface area contributed by atoms with Crippen molar-refractivity contribution in [1.29, 1.82) is 0 Å². The van der Waals surface area contributed by atoms with Gasteiger partial charge in [0, 0.05) is 11.6 Å². The Morgan fingerprint density at radius 3 is 2.46 bits per heavy atom. The molecule has 0 radical (unpaired) electrons. The Balaban J connectivity index is 1.63. The molecule has 2 N–H and O–H groups in total. The van der Waals surface area contributed by atoms with E-state index in [2.05, 4.69) is 30.8 Å². The Kier molecular flexibility index (Phi) is 4.48. The molecule has 0 unspecified atom stereocenters. The van der Waals surface area contributed by atoms with E-state index in [1.807, 2.05) is 24.3 Å². The first-order valence-electron chi connectivity index (χ1n) is 8.24. The zero-order chi connectivity index (χ0) is 19.6. The molecule has 0 fully saturated rings. The second kappa shape index (κ2) is 7.10. The van der Waals surface area contributed by atoms with Crippen LogP contribution in [-0.2, 0) is 6.18 Å². The zero-order valence-corrected chi connectivity index (χ0v) is 14.3. The summed E-state index contributed by atoms with van der Waals surface area (Å²) >= 11 is 0.